The van der Waals surface area contributed by atoms with Crippen LogP contribution in [-0.2, 0) is 28.4 Å². The number of ether oxygens (including phenoxy) is 8. The zero-order chi connectivity index (χ0) is 26.1. The van der Waals surface area contributed by atoms with Gasteiger partial charge in [-0.25, -0.2) is 0 Å². The summed E-state index contributed by atoms with van der Waals surface area (Å²) in [7, 11) is 0. The van der Waals surface area contributed by atoms with E-state index in [1.54, 1.807) is 0 Å². The average molecular weight is 531 g/mol. The minimum absolute atomic E-state index is 0.0836. The molecular weight excluding hydrogens is 488 g/mol. The van der Waals surface area contributed by atoms with Crippen LogP contribution in [0.3, 0.4) is 0 Å². The summed E-state index contributed by atoms with van der Waals surface area (Å²) >= 11 is 0. The van der Waals surface area contributed by atoms with Crippen LogP contribution in [0, 0.1) is 0 Å². The molecule has 2 saturated heterocycles. The topological polar surface area (TPSA) is 73.8 Å². The van der Waals surface area contributed by atoms with Gasteiger partial charge in [-0.15, -0.1) is 0 Å². The van der Waals surface area contributed by atoms with Crippen molar-refractivity contribution in [3.8, 4) is 22.6 Å². The minimum Gasteiger partial charge on any atom is -0.491 e. The molecule has 0 bridgehead atoms. The third-order valence-electron chi connectivity index (χ3n) is 6.37. The van der Waals surface area contributed by atoms with Crippen molar-refractivity contribution in [3.63, 3.8) is 0 Å². The highest BCUT2D eigenvalue weighted by atomic mass is 16.7. The van der Waals surface area contributed by atoms with Gasteiger partial charge in [-0.1, -0.05) is 36.4 Å². The van der Waals surface area contributed by atoms with Gasteiger partial charge in [0.1, 0.15) is 24.7 Å². The fraction of sp³-hybridized carbons (Fsp3) is 0.600. The fourth-order valence-corrected chi connectivity index (χ4v) is 4.42. The lowest BCUT2D eigenvalue weighted by molar-refractivity contribution is -0.169. The van der Waals surface area contributed by atoms with Gasteiger partial charge in [-0.05, 0) is 50.7 Å². The van der Waals surface area contributed by atoms with E-state index in [9.17, 15) is 0 Å². The molecule has 2 heterocycles. The summed E-state index contributed by atoms with van der Waals surface area (Å²) in [4.78, 5) is 0. The van der Waals surface area contributed by atoms with Crippen molar-refractivity contribution < 1.29 is 37.9 Å². The summed E-state index contributed by atoms with van der Waals surface area (Å²) in [6, 6.07) is 15.9. The molecule has 210 valence electrons. The molecule has 8 heteroatoms. The Labute approximate surface area is 226 Å². The molecule has 0 aromatic heterocycles. The molecule has 0 N–H and O–H groups in total. The van der Waals surface area contributed by atoms with Crippen LogP contribution in [0.15, 0.2) is 48.5 Å². The Morgan fingerprint density at radius 1 is 0.526 bits per heavy atom. The predicted octanol–water partition coefficient (Wildman–Crippen LogP) is 5.23. The smallest absolute Gasteiger partial charge is 0.157 e. The Kier molecular flexibility index (Phi) is 13.2. The van der Waals surface area contributed by atoms with E-state index in [2.05, 4.69) is 0 Å². The maximum Gasteiger partial charge on any atom is 0.157 e. The fourth-order valence-electron chi connectivity index (χ4n) is 4.42. The first-order chi connectivity index (χ1) is 18.9. The van der Waals surface area contributed by atoms with Crippen molar-refractivity contribution >= 4 is 0 Å². The number of rotatable bonds is 17. The van der Waals surface area contributed by atoms with Crippen LogP contribution in [0.4, 0.5) is 0 Å². The minimum atomic E-state index is -0.0836. The van der Waals surface area contributed by atoms with Crippen molar-refractivity contribution in [3.05, 3.63) is 48.5 Å². The monoisotopic (exact) mass is 530 g/mol. The highest BCUT2D eigenvalue weighted by Crippen LogP contribution is 2.36. The van der Waals surface area contributed by atoms with E-state index >= 15 is 0 Å². The molecular formula is C30H42O8. The van der Waals surface area contributed by atoms with Crippen LogP contribution in [0.1, 0.15) is 38.5 Å². The first-order valence-electron chi connectivity index (χ1n) is 14.0. The summed E-state index contributed by atoms with van der Waals surface area (Å²) in [5.41, 5.74) is 1.95. The molecule has 0 radical (unpaired) electrons. The molecule has 4 rings (SSSR count). The second-order valence-electron chi connectivity index (χ2n) is 9.25. The van der Waals surface area contributed by atoms with Gasteiger partial charge in [0.2, 0.25) is 0 Å². The summed E-state index contributed by atoms with van der Waals surface area (Å²) in [6.07, 6.45) is 6.31. The van der Waals surface area contributed by atoms with Gasteiger partial charge in [0, 0.05) is 24.3 Å². The highest BCUT2D eigenvalue weighted by molar-refractivity contribution is 5.75. The first-order valence-corrected chi connectivity index (χ1v) is 14.0. The lowest BCUT2D eigenvalue weighted by Gasteiger charge is -2.22. The van der Waals surface area contributed by atoms with Gasteiger partial charge < -0.3 is 37.9 Å². The van der Waals surface area contributed by atoms with Crippen LogP contribution in [0.2, 0.25) is 0 Å². The van der Waals surface area contributed by atoms with Crippen molar-refractivity contribution in [1.82, 2.24) is 0 Å². The van der Waals surface area contributed by atoms with Crippen molar-refractivity contribution in [2.24, 2.45) is 0 Å². The first kappa shape index (κ1) is 28.8. The molecule has 2 unspecified atom stereocenters. The highest BCUT2D eigenvalue weighted by Gasteiger charge is 2.15. The van der Waals surface area contributed by atoms with Gasteiger partial charge in [0.25, 0.3) is 0 Å². The largest absolute Gasteiger partial charge is 0.491 e. The molecule has 2 aromatic rings. The molecule has 2 aromatic carbocycles. The van der Waals surface area contributed by atoms with Gasteiger partial charge in [0.05, 0.1) is 39.6 Å². The molecule has 8 nitrogen and oxygen atoms in total. The van der Waals surface area contributed by atoms with Gasteiger partial charge in [-0.3, -0.25) is 0 Å². The quantitative estimate of drug-likeness (QED) is 0.258. The Balaban J connectivity index is 1.15. The molecule has 0 aliphatic carbocycles. The van der Waals surface area contributed by atoms with Crippen LogP contribution < -0.4 is 9.47 Å². The van der Waals surface area contributed by atoms with Crippen LogP contribution in [-0.4, -0.2) is 78.6 Å². The van der Waals surface area contributed by atoms with E-state index in [-0.39, 0.29) is 12.6 Å². The third-order valence-corrected chi connectivity index (χ3v) is 6.37. The Hall–Kier alpha value is -2.20. The van der Waals surface area contributed by atoms with Gasteiger partial charge in [0.15, 0.2) is 12.6 Å². The molecule has 0 amide bonds. The summed E-state index contributed by atoms with van der Waals surface area (Å²) in [5, 5.41) is 0. The van der Waals surface area contributed by atoms with E-state index in [0.29, 0.717) is 52.9 Å². The third kappa shape index (κ3) is 10.2. The Morgan fingerprint density at radius 2 is 0.974 bits per heavy atom. The van der Waals surface area contributed by atoms with Crippen LogP contribution >= 0.6 is 0 Å². The van der Waals surface area contributed by atoms with E-state index in [1.807, 2.05) is 48.5 Å². The standard InChI is InChI=1S/C30H42O8/c1-3-11-27(33-21-17-31-19-23-37-29-13-5-7-15-35-29)25(9-1)26-10-2-4-12-28(26)34-22-18-32-20-24-38-30-14-6-8-16-36-30/h1-4,9-12,29-30H,5-8,13-24H2. The SMILES string of the molecule is c1ccc(-c2ccccc2OCCOCCOC2CCCCO2)c(OCCOCCOC2CCCCO2)c1. The number of para-hydroxylation sites is 2. The molecule has 2 atom stereocenters. The molecule has 0 spiro atoms. The van der Waals surface area contributed by atoms with E-state index in [1.165, 1.54) is 0 Å². The maximum atomic E-state index is 6.07. The zero-order valence-electron chi connectivity index (χ0n) is 22.4. The second kappa shape index (κ2) is 17.4. The summed E-state index contributed by atoms with van der Waals surface area (Å²) < 4.78 is 46.0. The summed E-state index contributed by atoms with van der Waals surface area (Å²) in [5.74, 6) is 1.58. The Morgan fingerprint density at radius 3 is 1.42 bits per heavy atom. The van der Waals surface area contributed by atoms with Gasteiger partial charge >= 0.3 is 0 Å². The molecule has 2 aliphatic heterocycles. The zero-order valence-corrected chi connectivity index (χ0v) is 22.4. The number of hydrogen-bond acceptors (Lipinski definition) is 8. The number of benzene rings is 2. The van der Waals surface area contributed by atoms with Crippen molar-refractivity contribution in [2.75, 3.05) is 66.1 Å². The maximum absolute atomic E-state index is 6.07. The predicted molar refractivity (Wildman–Crippen MR) is 144 cm³/mol. The van der Waals surface area contributed by atoms with Gasteiger partial charge in [-0.2, -0.15) is 0 Å². The van der Waals surface area contributed by atoms with E-state index in [0.717, 1.165) is 74.4 Å². The van der Waals surface area contributed by atoms with Crippen molar-refractivity contribution in [1.29, 1.82) is 0 Å². The van der Waals surface area contributed by atoms with Crippen molar-refractivity contribution in [2.45, 2.75) is 51.1 Å². The molecule has 0 saturated carbocycles. The number of hydrogen-bond donors (Lipinski definition) is 0. The van der Waals surface area contributed by atoms with E-state index in [4.69, 9.17) is 37.9 Å². The summed E-state index contributed by atoms with van der Waals surface area (Å²) in [6.45, 7) is 5.51. The average Bonchev–Trinajstić information content (AvgIpc) is 2.98. The van der Waals surface area contributed by atoms with Crippen LogP contribution in [0.25, 0.3) is 11.1 Å². The molecule has 38 heavy (non-hydrogen) atoms. The molecule has 2 fully saturated rings. The Bertz CT molecular complexity index is 822. The lowest BCUT2D eigenvalue weighted by Crippen LogP contribution is -2.24. The lowest BCUT2D eigenvalue weighted by atomic mass is 10.0. The van der Waals surface area contributed by atoms with Crippen LogP contribution in [0.5, 0.6) is 11.5 Å². The normalized spacial score (nSPS) is 19.8. The molecule has 2 aliphatic rings. The second-order valence-corrected chi connectivity index (χ2v) is 9.25. The van der Waals surface area contributed by atoms with E-state index < -0.39 is 0 Å².